The first-order valence-electron chi connectivity index (χ1n) is 6.15. The molecular weight excluding hydrogens is 262 g/mol. The lowest BCUT2D eigenvalue weighted by molar-refractivity contribution is 0.0786. The molecule has 0 saturated heterocycles. The summed E-state index contributed by atoms with van der Waals surface area (Å²) in [5.41, 5.74) is -0.425. The van der Waals surface area contributed by atoms with Gasteiger partial charge >= 0.3 is 0 Å². The van der Waals surface area contributed by atoms with Crippen LogP contribution in [0.4, 0.5) is 8.78 Å². The van der Waals surface area contributed by atoms with Gasteiger partial charge in [0, 0.05) is 5.39 Å². The van der Waals surface area contributed by atoms with Gasteiger partial charge in [0.2, 0.25) is 0 Å². The van der Waals surface area contributed by atoms with E-state index in [4.69, 9.17) is 4.42 Å². The summed E-state index contributed by atoms with van der Waals surface area (Å²) < 4.78 is 31.7. The van der Waals surface area contributed by atoms with Crippen LogP contribution in [0.1, 0.15) is 18.2 Å². The van der Waals surface area contributed by atoms with Crippen LogP contribution in [0.5, 0.6) is 0 Å². The van der Waals surface area contributed by atoms with Gasteiger partial charge < -0.3 is 9.52 Å². The van der Waals surface area contributed by atoms with E-state index in [0.717, 1.165) is 0 Å². The Morgan fingerprint density at radius 2 is 1.60 bits per heavy atom. The summed E-state index contributed by atoms with van der Waals surface area (Å²) in [5, 5.41) is 11.2. The van der Waals surface area contributed by atoms with E-state index in [1.54, 1.807) is 13.0 Å². The standard InChI is InChI=1S/C16H12F2O2/c1-16(19,11-2-4-12(17)5-3-11)15-9-10-8-13(18)6-7-14(10)20-15/h2-9,19H,1H3. The number of hydrogen-bond acceptors (Lipinski definition) is 2. The summed E-state index contributed by atoms with van der Waals surface area (Å²) >= 11 is 0. The zero-order valence-corrected chi connectivity index (χ0v) is 10.7. The molecule has 1 heterocycles. The zero-order chi connectivity index (χ0) is 14.3. The van der Waals surface area contributed by atoms with Crippen LogP contribution < -0.4 is 0 Å². The summed E-state index contributed by atoms with van der Waals surface area (Å²) in [7, 11) is 0. The molecule has 0 radical (unpaired) electrons. The van der Waals surface area contributed by atoms with Gasteiger partial charge in [-0.2, -0.15) is 0 Å². The fourth-order valence-electron chi connectivity index (χ4n) is 2.17. The summed E-state index contributed by atoms with van der Waals surface area (Å²) in [6, 6.07) is 11.2. The monoisotopic (exact) mass is 274 g/mol. The predicted molar refractivity (Wildman–Crippen MR) is 71.2 cm³/mol. The Hall–Kier alpha value is -2.20. The lowest BCUT2D eigenvalue weighted by Crippen LogP contribution is -2.21. The molecular formula is C16H12F2O2. The first kappa shape index (κ1) is 12.8. The molecule has 1 aromatic heterocycles. The van der Waals surface area contributed by atoms with Crippen LogP contribution in [0.25, 0.3) is 11.0 Å². The average Bonchev–Trinajstić information content (AvgIpc) is 2.83. The summed E-state index contributed by atoms with van der Waals surface area (Å²) in [6.45, 7) is 1.55. The maximum atomic E-state index is 13.2. The molecule has 0 aliphatic carbocycles. The highest BCUT2D eigenvalue weighted by molar-refractivity contribution is 5.78. The Balaban J connectivity index is 2.10. The minimum Gasteiger partial charge on any atom is -0.458 e. The second-order valence-corrected chi connectivity index (χ2v) is 4.87. The highest BCUT2D eigenvalue weighted by atomic mass is 19.1. The van der Waals surface area contributed by atoms with Crippen molar-refractivity contribution in [2.45, 2.75) is 12.5 Å². The van der Waals surface area contributed by atoms with Gasteiger partial charge in [-0.1, -0.05) is 12.1 Å². The quantitative estimate of drug-likeness (QED) is 0.767. The van der Waals surface area contributed by atoms with Gasteiger partial charge in [0.1, 0.15) is 28.6 Å². The Bertz CT molecular complexity index is 758. The van der Waals surface area contributed by atoms with Crippen molar-refractivity contribution in [2.75, 3.05) is 0 Å². The van der Waals surface area contributed by atoms with Gasteiger partial charge in [0.15, 0.2) is 0 Å². The highest BCUT2D eigenvalue weighted by Gasteiger charge is 2.29. The third-order valence-corrected chi connectivity index (χ3v) is 3.36. The Morgan fingerprint density at radius 3 is 2.30 bits per heavy atom. The lowest BCUT2D eigenvalue weighted by atomic mass is 9.93. The van der Waals surface area contributed by atoms with Crippen molar-refractivity contribution in [3.8, 4) is 0 Å². The number of rotatable bonds is 2. The van der Waals surface area contributed by atoms with Gasteiger partial charge in [-0.05, 0) is 48.9 Å². The molecule has 0 saturated carbocycles. The van der Waals surface area contributed by atoms with E-state index in [1.807, 2.05) is 0 Å². The molecule has 2 aromatic carbocycles. The van der Waals surface area contributed by atoms with E-state index >= 15 is 0 Å². The van der Waals surface area contributed by atoms with E-state index < -0.39 is 5.60 Å². The molecule has 102 valence electrons. The van der Waals surface area contributed by atoms with Crippen LogP contribution in [-0.4, -0.2) is 5.11 Å². The van der Waals surface area contributed by atoms with Crippen LogP contribution in [-0.2, 0) is 5.60 Å². The van der Waals surface area contributed by atoms with Crippen molar-refractivity contribution < 1.29 is 18.3 Å². The van der Waals surface area contributed by atoms with Gasteiger partial charge in [0.25, 0.3) is 0 Å². The molecule has 0 bridgehead atoms. The number of furan rings is 1. The Labute approximate surface area is 114 Å². The summed E-state index contributed by atoms with van der Waals surface area (Å²) in [4.78, 5) is 0. The normalized spacial score (nSPS) is 14.4. The minimum absolute atomic E-state index is 0.282. The molecule has 20 heavy (non-hydrogen) atoms. The van der Waals surface area contributed by atoms with Gasteiger partial charge in [-0.3, -0.25) is 0 Å². The molecule has 1 unspecified atom stereocenters. The van der Waals surface area contributed by atoms with Crippen molar-refractivity contribution in [3.05, 3.63) is 71.5 Å². The third kappa shape index (κ3) is 2.08. The molecule has 0 fully saturated rings. The molecule has 3 aromatic rings. The lowest BCUT2D eigenvalue weighted by Gasteiger charge is -2.21. The topological polar surface area (TPSA) is 33.4 Å². The van der Waals surface area contributed by atoms with Gasteiger partial charge in [-0.25, -0.2) is 8.78 Å². The molecule has 0 aliphatic rings. The zero-order valence-electron chi connectivity index (χ0n) is 10.7. The maximum Gasteiger partial charge on any atom is 0.144 e. The first-order chi connectivity index (χ1) is 9.46. The molecule has 1 atom stereocenters. The summed E-state index contributed by atoms with van der Waals surface area (Å²) in [6.07, 6.45) is 0. The average molecular weight is 274 g/mol. The van der Waals surface area contributed by atoms with Crippen LogP contribution in [0.3, 0.4) is 0 Å². The molecule has 1 N–H and O–H groups in total. The van der Waals surface area contributed by atoms with E-state index in [2.05, 4.69) is 0 Å². The molecule has 2 nitrogen and oxygen atoms in total. The van der Waals surface area contributed by atoms with Gasteiger partial charge in [0.05, 0.1) is 0 Å². The Morgan fingerprint density at radius 1 is 0.950 bits per heavy atom. The SMILES string of the molecule is CC(O)(c1ccc(F)cc1)c1cc2cc(F)ccc2o1. The smallest absolute Gasteiger partial charge is 0.144 e. The first-order valence-corrected chi connectivity index (χ1v) is 6.15. The maximum absolute atomic E-state index is 13.2. The van der Waals surface area contributed by atoms with Crippen molar-refractivity contribution in [1.29, 1.82) is 0 Å². The van der Waals surface area contributed by atoms with Crippen molar-refractivity contribution in [1.82, 2.24) is 0 Å². The molecule has 0 aliphatic heterocycles. The molecule has 0 amide bonds. The second kappa shape index (κ2) is 4.42. The highest BCUT2D eigenvalue weighted by Crippen LogP contribution is 2.33. The molecule has 0 spiro atoms. The van der Waals surface area contributed by atoms with Crippen molar-refractivity contribution >= 4 is 11.0 Å². The Kier molecular flexibility index (Phi) is 2.83. The van der Waals surface area contributed by atoms with E-state index in [1.165, 1.54) is 42.5 Å². The van der Waals surface area contributed by atoms with Crippen LogP contribution >= 0.6 is 0 Å². The van der Waals surface area contributed by atoms with E-state index in [0.29, 0.717) is 16.5 Å². The summed E-state index contributed by atoms with van der Waals surface area (Å²) in [5.74, 6) is -0.466. The van der Waals surface area contributed by atoms with Gasteiger partial charge in [-0.15, -0.1) is 0 Å². The second-order valence-electron chi connectivity index (χ2n) is 4.87. The van der Waals surface area contributed by atoms with Crippen molar-refractivity contribution in [3.63, 3.8) is 0 Å². The number of halogens is 2. The molecule has 4 heteroatoms. The van der Waals surface area contributed by atoms with Crippen LogP contribution in [0.15, 0.2) is 52.9 Å². The van der Waals surface area contributed by atoms with E-state index in [-0.39, 0.29) is 17.4 Å². The van der Waals surface area contributed by atoms with Crippen LogP contribution in [0.2, 0.25) is 0 Å². The van der Waals surface area contributed by atoms with E-state index in [9.17, 15) is 13.9 Å². The molecule has 3 rings (SSSR count). The number of benzene rings is 2. The number of aliphatic hydroxyl groups is 1. The number of hydrogen-bond donors (Lipinski definition) is 1. The fourth-order valence-corrected chi connectivity index (χ4v) is 2.17. The minimum atomic E-state index is -1.41. The largest absolute Gasteiger partial charge is 0.458 e. The third-order valence-electron chi connectivity index (χ3n) is 3.36. The van der Waals surface area contributed by atoms with Crippen LogP contribution in [0, 0.1) is 11.6 Å². The fraction of sp³-hybridized carbons (Fsp3) is 0.125. The van der Waals surface area contributed by atoms with Crippen molar-refractivity contribution in [2.24, 2.45) is 0 Å². The number of fused-ring (bicyclic) bond motifs is 1. The predicted octanol–water partition coefficient (Wildman–Crippen LogP) is 3.97.